The molecule has 0 aromatic heterocycles. The maximum atomic E-state index is 12.1. The van der Waals surface area contributed by atoms with Gasteiger partial charge < -0.3 is 14.4 Å². The van der Waals surface area contributed by atoms with Crippen molar-refractivity contribution in [3.05, 3.63) is 47.5 Å². The van der Waals surface area contributed by atoms with Crippen molar-refractivity contribution in [2.75, 3.05) is 19.8 Å². The molecule has 0 N–H and O–H groups in total. The zero-order valence-corrected chi connectivity index (χ0v) is 12.5. The molecule has 4 nitrogen and oxygen atoms in total. The van der Waals surface area contributed by atoms with Crippen molar-refractivity contribution >= 4 is 17.5 Å². The van der Waals surface area contributed by atoms with Crippen LogP contribution in [0.15, 0.2) is 36.9 Å². The van der Waals surface area contributed by atoms with E-state index in [9.17, 15) is 4.79 Å². The zero-order valence-electron chi connectivity index (χ0n) is 11.8. The van der Waals surface area contributed by atoms with Gasteiger partial charge in [-0.15, -0.1) is 6.58 Å². The van der Waals surface area contributed by atoms with E-state index in [0.717, 1.165) is 5.56 Å². The Morgan fingerprint density at radius 1 is 1.48 bits per heavy atom. The van der Waals surface area contributed by atoms with E-state index in [2.05, 4.69) is 6.58 Å². The lowest BCUT2D eigenvalue weighted by atomic mass is 10.0. The lowest BCUT2D eigenvalue weighted by molar-refractivity contribution is -0.141. The molecule has 0 spiro atoms. The van der Waals surface area contributed by atoms with Crippen LogP contribution in [0.1, 0.15) is 18.4 Å². The minimum Gasteiger partial charge on any atom is -0.375 e. The van der Waals surface area contributed by atoms with E-state index in [1.807, 2.05) is 29.2 Å². The van der Waals surface area contributed by atoms with Gasteiger partial charge in [0.05, 0.1) is 19.8 Å². The Hall–Kier alpha value is -1.36. The average molecular weight is 308 g/mol. The predicted molar refractivity (Wildman–Crippen MR) is 80.0 cm³/mol. The number of hydrogen-bond donors (Lipinski definition) is 0. The zero-order chi connectivity index (χ0) is 14.9. The fourth-order valence-corrected chi connectivity index (χ4v) is 3.21. The Labute approximate surface area is 129 Å². The predicted octanol–water partition coefficient (Wildman–Crippen LogP) is 2.72. The van der Waals surface area contributed by atoms with Crippen molar-refractivity contribution in [2.45, 2.75) is 24.7 Å². The highest BCUT2D eigenvalue weighted by molar-refractivity contribution is 6.30. The smallest absolute Gasteiger partial charge is 0.225 e. The lowest BCUT2D eigenvalue weighted by Crippen LogP contribution is -2.38. The molecule has 2 saturated heterocycles. The number of carbonyl (C=O) groups excluding carboxylic acids is 1. The molecule has 0 saturated carbocycles. The van der Waals surface area contributed by atoms with Crippen LogP contribution in [-0.4, -0.2) is 36.7 Å². The molecule has 1 amide bonds. The normalized spacial score (nSPS) is 28.0. The summed E-state index contributed by atoms with van der Waals surface area (Å²) >= 11 is 5.95. The highest BCUT2D eigenvalue weighted by atomic mass is 35.5. The van der Waals surface area contributed by atoms with Crippen LogP contribution < -0.4 is 0 Å². The molecule has 21 heavy (non-hydrogen) atoms. The molecule has 0 aliphatic carbocycles. The molecular formula is C16H18ClNO3. The molecule has 5 heteroatoms. The third kappa shape index (κ3) is 2.59. The van der Waals surface area contributed by atoms with E-state index < -0.39 is 5.72 Å². The van der Waals surface area contributed by atoms with Gasteiger partial charge in [0.25, 0.3) is 0 Å². The summed E-state index contributed by atoms with van der Waals surface area (Å²) < 4.78 is 11.7. The fourth-order valence-electron chi connectivity index (χ4n) is 3.08. The van der Waals surface area contributed by atoms with Gasteiger partial charge in [0.1, 0.15) is 6.10 Å². The summed E-state index contributed by atoms with van der Waals surface area (Å²) in [5.74, 6) is 0.135. The van der Waals surface area contributed by atoms with Gasteiger partial charge in [-0.05, 0) is 12.1 Å². The van der Waals surface area contributed by atoms with Gasteiger partial charge in [-0.1, -0.05) is 29.8 Å². The molecule has 2 aliphatic heterocycles. The van der Waals surface area contributed by atoms with Gasteiger partial charge in [-0.3, -0.25) is 4.79 Å². The van der Waals surface area contributed by atoms with Crippen LogP contribution in [0.3, 0.4) is 0 Å². The third-order valence-corrected chi connectivity index (χ3v) is 4.25. The number of ether oxygens (including phenoxy) is 2. The first-order valence-electron chi connectivity index (χ1n) is 7.09. The Kier molecular flexibility index (Phi) is 4.02. The van der Waals surface area contributed by atoms with E-state index in [0.29, 0.717) is 37.6 Å². The number of halogens is 1. The van der Waals surface area contributed by atoms with Crippen molar-refractivity contribution in [3.63, 3.8) is 0 Å². The summed E-state index contributed by atoms with van der Waals surface area (Å²) in [5, 5.41) is 0.676. The van der Waals surface area contributed by atoms with Gasteiger partial charge in [0.15, 0.2) is 5.72 Å². The number of carbonyl (C=O) groups is 1. The van der Waals surface area contributed by atoms with Crippen molar-refractivity contribution in [2.24, 2.45) is 0 Å². The first-order valence-corrected chi connectivity index (χ1v) is 7.46. The van der Waals surface area contributed by atoms with Crippen molar-refractivity contribution in [1.82, 2.24) is 4.90 Å². The van der Waals surface area contributed by atoms with Gasteiger partial charge in [0.2, 0.25) is 5.91 Å². The van der Waals surface area contributed by atoms with E-state index >= 15 is 0 Å². The highest BCUT2D eigenvalue weighted by Gasteiger charge is 2.54. The molecular weight excluding hydrogens is 290 g/mol. The summed E-state index contributed by atoms with van der Waals surface area (Å²) in [5.41, 5.74) is 0.327. The van der Waals surface area contributed by atoms with Crippen LogP contribution in [0.25, 0.3) is 0 Å². The van der Waals surface area contributed by atoms with Crippen LogP contribution in [0.5, 0.6) is 0 Å². The second-order valence-electron chi connectivity index (χ2n) is 5.36. The molecule has 3 rings (SSSR count). The van der Waals surface area contributed by atoms with Gasteiger partial charge in [0, 0.05) is 23.4 Å². The SMILES string of the molecule is C=CCOC[C@@H]1CN2C(=O)CC[C@]2(c2ccc(Cl)cc2)O1. The first kappa shape index (κ1) is 14.6. The minimum absolute atomic E-state index is 0.107. The van der Waals surface area contributed by atoms with Crippen LogP contribution in [0, 0.1) is 0 Å². The van der Waals surface area contributed by atoms with Crippen molar-refractivity contribution in [1.29, 1.82) is 0 Å². The number of fused-ring (bicyclic) bond motifs is 1. The number of hydrogen-bond acceptors (Lipinski definition) is 3. The molecule has 1 aromatic carbocycles. The van der Waals surface area contributed by atoms with E-state index in [4.69, 9.17) is 21.1 Å². The summed E-state index contributed by atoms with van der Waals surface area (Å²) in [6.45, 7) is 5.14. The molecule has 0 radical (unpaired) electrons. The van der Waals surface area contributed by atoms with Crippen LogP contribution >= 0.6 is 11.6 Å². The van der Waals surface area contributed by atoms with Crippen molar-refractivity contribution in [3.8, 4) is 0 Å². The second kappa shape index (κ2) is 5.79. The number of benzene rings is 1. The Morgan fingerprint density at radius 2 is 2.24 bits per heavy atom. The van der Waals surface area contributed by atoms with E-state index in [-0.39, 0.29) is 12.0 Å². The molecule has 2 heterocycles. The molecule has 2 aliphatic rings. The third-order valence-electron chi connectivity index (χ3n) is 4.00. The van der Waals surface area contributed by atoms with E-state index in [1.54, 1.807) is 6.08 Å². The van der Waals surface area contributed by atoms with Crippen LogP contribution in [0.4, 0.5) is 0 Å². The molecule has 0 unspecified atom stereocenters. The molecule has 112 valence electrons. The summed E-state index contributed by atoms with van der Waals surface area (Å²) in [7, 11) is 0. The van der Waals surface area contributed by atoms with E-state index in [1.165, 1.54) is 0 Å². The highest BCUT2D eigenvalue weighted by Crippen LogP contribution is 2.46. The Bertz CT molecular complexity index is 545. The number of rotatable bonds is 5. The van der Waals surface area contributed by atoms with Gasteiger partial charge in [-0.2, -0.15) is 0 Å². The fraction of sp³-hybridized carbons (Fsp3) is 0.438. The average Bonchev–Trinajstić information content (AvgIpc) is 2.99. The Morgan fingerprint density at radius 3 is 2.95 bits per heavy atom. The van der Waals surface area contributed by atoms with Gasteiger partial charge in [-0.25, -0.2) is 0 Å². The van der Waals surface area contributed by atoms with Crippen LogP contribution in [-0.2, 0) is 20.0 Å². The second-order valence-corrected chi connectivity index (χ2v) is 5.80. The molecule has 2 fully saturated rings. The topological polar surface area (TPSA) is 38.8 Å². The minimum atomic E-state index is -0.649. The number of nitrogens with zero attached hydrogens (tertiary/aromatic N) is 1. The maximum absolute atomic E-state index is 12.1. The molecule has 1 aromatic rings. The standard InChI is InChI=1S/C16H18ClNO3/c1-2-9-20-11-14-10-18-15(19)7-8-16(18,21-14)12-3-5-13(17)6-4-12/h2-6,14H,1,7-11H2/t14-,16+/m0/s1. The largest absolute Gasteiger partial charge is 0.375 e. The molecule has 0 bridgehead atoms. The summed E-state index contributed by atoms with van der Waals surface area (Å²) in [4.78, 5) is 14.0. The Balaban J connectivity index is 1.82. The summed E-state index contributed by atoms with van der Waals surface area (Å²) in [6, 6.07) is 7.52. The van der Waals surface area contributed by atoms with Crippen molar-refractivity contribution < 1.29 is 14.3 Å². The quantitative estimate of drug-likeness (QED) is 0.620. The molecule has 2 atom stereocenters. The summed E-state index contributed by atoms with van der Waals surface area (Å²) in [6.07, 6.45) is 2.79. The van der Waals surface area contributed by atoms with Crippen LogP contribution in [0.2, 0.25) is 5.02 Å². The van der Waals surface area contributed by atoms with Gasteiger partial charge >= 0.3 is 0 Å². The maximum Gasteiger partial charge on any atom is 0.225 e. The lowest BCUT2D eigenvalue weighted by Gasteiger charge is -2.31. The number of amides is 1. The first-order chi connectivity index (χ1) is 10.2. The monoisotopic (exact) mass is 307 g/mol.